The predicted octanol–water partition coefficient (Wildman–Crippen LogP) is 1.08. The highest BCUT2D eigenvalue weighted by molar-refractivity contribution is 6.31. The Labute approximate surface area is 51.5 Å². The maximum atomic E-state index is 8.56. The van der Waals surface area contributed by atoms with Crippen LogP contribution in [-0.2, 0) is 0 Å². The summed E-state index contributed by atoms with van der Waals surface area (Å²) >= 11 is 5.49. The van der Waals surface area contributed by atoms with Gasteiger partial charge in [0.25, 0.3) is 0 Å². The van der Waals surface area contributed by atoms with Gasteiger partial charge in [0.05, 0.1) is 16.9 Å². The Balaban J connectivity index is 3.14. The van der Waals surface area contributed by atoms with Crippen LogP contribution in [0.3, 0.4) is 0 Å². The molecule has 4 heteroatoms. The van der Waals surface area contributed by atoms with Gasteiger partial charge in [-0.1, -0.05) is 11.6 Å². The van der Waals surface area contributed by atoms with Crippen LogP contribution in [0.1, 0.15) is 5.69 Å². The quantitative estimate of drug-likeness (QED) is 0.537. The van der Waals surface area contributed by atoms with Crippen LogP contribution < -0.4 is 0 Å². The number of aryl methyl sites for hydroxylation is 1. The van der Waals surface area contributed by atoms with Crippen LogP contribution in [-0.4, -0.2) is 15.2 Å². The van der Waals surface area contributed by atoms with Crippen LogP contribution in [0, 0.1) is 6.92 Å². The van der Waals surface area contributed by atoms with E-state index in [1.165, 1.54) is 6.20 Å². The van der Waals surface area contributed by atoms with Gasteiger partial charge in [0, 0.05) is 0 Å². The molecule has 0 aliphatic heterocycles. The zero-order valence-electron chi connectivity index (χ0n) is 4.30. The van der Waals surface area contributed by atoms with E-state index in [1.807, 2.05) is 0 Å². The number of rotatable bonds is 0. The molecule has 1 heterocycles. The third-order valence-corrected chi connectivity index (χ3v) is 1.20. The fourth-order valence-electron chi connectivity index (χ4n) is 0.425. The molecule has 0 atom stereocenters. The molecular formula is C4H5ClN2O. The molecule has 1 aromatic heterocycles. The van der Waals surface area contributed by atoms with E-state index in [2.05, 4.69) is 5.10 Å². The fraction of sp³-hybridized carbons (Fsp3) is 0.250. The highest BCUT2D eigenvalue weighted by Crippen LogP contribution is 2.09. The number of hydrogen-bond acceptors (Lipinski definition) is 2. The normalized spacial score (nSPS) is 9.75. The van der Waals surface area contributed by atoms with Gasteiger partial charge >= 0.3 is 0 Å². The maximum Gasteiger partial charge on any atom is 0.0853 e. The third-order valence-electron chi connectivity index (χ3n) is 0.827. The molecule has 1 N–H and O–H groups in total. The van der Waals surface area contributed by atoms with Crippen LogP contribution in [0.4, 0.5) is 0 Å². The molecule has 0 saturated heterocycles. The van der Waals surface area contributed by atoms with Gasteiger partial charge < -0.3 is 5.21 Å². The molecule has 0 aliphatic rings. The summed E-state index contributed by atoms with van der Waals surface area (Å²) in [5.74, 6) is 0. The highest BCUT2D eigenvalue weighted by Gasteiger charge is 1.97. The van der Waals surface area contributed by atoms with Crippen molar-refractivity contribution in [2.24, 2.45) is 0 Å². The van der Waals surface area contributed by atoms with Gasteiger partial charge in [-0.15, -0.1) is 9.94 Å². The van der Waals surface area contributed by atoms with Gasteiger partial charge in [-0.05, 0) is 6.92 Å². The lowest BCUT2D eigenvalue weighted by Gasteiger charge is -1.78. The molecule has 44 valence electrons. The summed E-state index contributed by atoms with van der Waals surface area (Å²) in [5.41, 5.74) is 0.633. The van der Waals surface area contributed by atoms with Crippen LogP contribution in [0.5, 0.6) is 0 Å². The number of halogens is 1. The average molecular weight is 133 g/mol. The second-order valence-electron chi connectivity index (χ2n) is 1.48. The SMILES string of the molecule is Cc1nn(O)cc1Cl. The molecule has 0 saturated carbocycles. The van der Waals surface area contributed by atoms with Crippen molar-refractivity contribution in [1.29, 1.82) is 0 Å². The van der Waals surface area contributed by atoms with E-state index in [9.17, 15) is 0 Å². The molecule has 0 aliphatic carbocycles. The summed E-state index contributed by atoms with van der Waals surface area (Å²) in [7, 11) is 0. The van der Waals surface area contributed by atoms with Gasteiger partial charge in [-0.3, -0.25) is 0 Å². The average Bonchev–Trinajstić information content (AvgIpc) is 1.85. The largest absolute Gasteiger partial charge is 0.412 e. The second-order valence-corrected chi connectivity index (χ2v) is 1.89. The smallest absolute Gasteiger partial charge is 0.0853 e. The lowest BCUT2D eigenvalue weighted by Crippen LogP contribution is -1.88. The highest BCUT2D eigenvalue weighted by atomic mass is 35.5. The van der Waals surface area contributed by atoms with Crippen LogP contribution in [0.2, 0.25) is 5.02 Å². The second kappa shape index (κ2) is 1.67. The topological polar surface area (TPSA) is 38.0 Å². The minimum absolute atomic E-state index is 0.479. The zero-order chi connectivity index (χ0) is 6.15. The first kappa shape index (κ1) is 5.44. The molecule has 0 spiro atoms. The number of hydrogen-bond donors (Lipinski definition) is 1. The Morgan fingerprint density at radius 1 is 1.88 bits per heavy atom. The molecule has 0 fully saturated rings. The Bertz CT molecular complexity index is 176. The van der Waals surface area contributed by atoms with Crippen molar-refractivity contribution in [3.63, 3.8) is 0 Å². The van der Waals surface area contributed by atoms with Crippen molar-refractivity contribution in [1.82, 2.24) is 9.94 Å². The molecular weight excluding hydrogens is 128 g/mol. The predicted molar refractivity (Wildman–Crippen MR) is 29.2 cm³/mol. The van der Waals surface area contributed by atoms with Crippen molar-refractivity contribution < 1.29 is 5.21 Å². The maximum absolute atomic E-state index is 8.56. The van der Waals surface area contributed by atoms with Gasteiger partial charge in [-0.2, -0.15) is 0 Å². The fourth-order valence-corrected chi connectivity index (χ4v) is 0.550. The van der Waals surface area contributed by atoms with Crippen molar-refractivity contribution >= 4 is 11.6 Å². The van der Waals surface area contributed by atoms with Crippen molar-refractivity contribution in [3.8, 4) is 0 Å². The molecule has 0 bridgehead atoms. The number of aromatic nitrogens is 2. The van der Waals surface area contributed by atoms with Gasteiger partial charge in [-0.25, -0.2) is 0 Å². The Kier molecular flexibility index (Phi) is 1.13. The van der Waals surface area contributed by atoms with E-state index in [0.717, 1.165) is 0 Å². The first-order valence-corrected chi connectivity index (χ1v) is 2.49. The lowest BCUT2D eigenvalue weighted by molar-refractivity contribution is 0.148. The zero-order valence-corrected chi connectivity index (χ0v) is 5.05. The van der Waals surface area contributed by atoms with E-state index in [4.69, 9.17) is 16.8 Å². The minimum Gasteiger partial charge on any atom is -0.412 e. The molecule has 3 nitrogen and oxygen atoms in total. The van der Waals surface area contributed by atoms with E-state index < -0.39 is 0 Å². The van der Waals surface area contributed by atoms with Crippen LogP contribution in [0.25, 0.3) is 0 Å². The Morgan fingerprint density at radius 2 is 2.50 bits per heavy atom. The summed E-state index contributed by atoms with van der Waals surface area (Å²) in [5, 5.41) is 12.6. The Hall–Kier alpha value is -0.700. The molecule has 0 unspecified atom stereocenters. The lowest BCUT2D eigenvalue weighted by atomic mass is 10.5. The van der Waals surface area contributed by atoms with E-state index >= 15 is 0 Å². The van der Waals surface area contributed by atoms with Crippen molar-refractivity contribution in [3.05, 3.63) is 16.9 Å². The van der Waals surface area contributed by atoms with E-state index in [1.54, 1.807) is 6.92 Å². The van der Waals surface area contributed by atoms with Gasteiger partial charge in [0.15, 0.2) is 0 Å². The first-order valence-electron chi connectivity index (χ1n) is 2.11. The van der Waals surface area contributed by atoms with Crippen LogP contribution >= 0.6 is 11.6 Å². The van der Waals surface area contributed by atoms with Gasteiger partial charge in [0.1, 0.15) is 0 Å². The molecule has 8 heavy (non-hydrogen) atoms. The van der Waals surface area contributed by atoms with Crippen molar-refractivity contribution in [2.45, 2.75) is 6.92 Å². The van der Waals surface area contributed by atoms with E-state index in [0.29, 0.717) is 15.6 Å². The molecule has 1 rings (SSSR count). The monoisotopic (exact) mass is 132 g/mol. The molecule has 0 radical (unpaired) electrons. The third kappa shape index (κ3) is 0.767. The summed E-state index contributed by atoms with van der Waals surface area (Å²) in [6, 6.07) is 0. The molecule has 1 aromatic rings. The summed E-state index contributed by atoms with van der Waals surface area (Å²) in [4.78, 5) is 0.692. The minimum atomic E-state index is 0.479. The van der Waals surface area contributed by atoms with Crippen molar-refractivity contribution in [2.75, 3.05) is 0 Å². The Morgan fingerprint density at radius 3 is 2.62 bits per heavy atom. The number of nitrogens with zero attached hydrogens (tertiary/aromatic N) is 2. The first-order chi connectivity index (χ1) is 3.70. The summed E-state index contributed by atoms with van der Waals surface area (Å²) in [6.45, 7) is 1.72. The summed E-state index contributed by atoms with van der Waals surface area (Å²) < 4.78 is 0. The molecule has 0 amide bonds. The van der Waals surface area contributed by atoms with E-state index in [-0.39, 0.29) is 0 Å². The standard InChI is InChI=1S/C4H5ClN2O/c1-3-4(5)2-7(8)6-3/h2,8H,1H3. The van der Waals surface area contributed by atoms with Crippen LogP contribution in [0.15, 0.2) is 6.20 Å². The van der Waals surface area contributed by atoms with Gasteiger partial charge in [0.2, 0.25) is 0 Å². The molecule has 0 aromatic carbocycles. The summed E-state index contributed by atoms with van der Waals surface area (Å²) in [6.07, 6.45) is 1.33.